The molecule has 1 aliphatic carbocycles. The molecule has 0 bridgehead atoms. The van der Waals surface area contributed by atoms with Crippen LogP contribution in [-0.2, 0) is 4.79 Å². The second-order valence-corrected chi connectivity index (χ2v) is 8.48. The molecule has 1 aromatic carbocycles. The number of carbonyl (C=O) groups excluding carboxylic acids is 1. The van der Waals surface area contributed by atoms with Crippen molar-refractivity contribution in [3.05, 3.63) is 57.4 Å². The Bertz CT molecular complexity index is 1150. The highest BCUT2D eigenvalue weighted by Gasteiger charge is 2.38. The summed E-state index contributed by atoms with van der Waals surface area (Å²) in [4.78, 5) is 14.6. The smallest absolute Gasteiger partial charge is 0.219 e. The van der Waals surface area contributed by atoms with Gasteiger partial charge in [-0.15, -0.1) is 11.3 Å². The fraction of sp³-hybridized carbons (Fsp3) is 0.286. The quantitative estimate of drug-likeness (QED) is 0.642. The first-order valence-corrected chi connectivity index (χ1v) is 10.7. The van der Waals surface area contributed by atoms with Crippen LogP contribution < -0.4 is 20.1 Å². The Labute approximate surface area is 175 Å². The molecule has 3 aromatic rings. The van der Waals surface area contributed by atoms with E-state index < -0.39 is 6.04 Å². The van der Waals surface area contributed by atoms with Gasteiger partial charge in [-0.2, -0.15) is 0 Å². The molecule has 2 N–H and O–H groups in total. The lowest BCUT2D eigenvalue weighted by molar-refractivity contribution is -0.116. The molecule has 0 spiro atoms. The van der Waals surface area contributed by atoms with E-state index in [1.54, 1.807) is 11.3 Å². The van der Waals surface area contributed by atoms with Gasteiger partial charge in [-0.1, -0.05) is 12.1 Å². The molecule has 0 radical (unpaired) electrons. The van der Waals surface area contributed by atoms with Crippen LogP contribution in [-0.4, -0.2) is 29.3 Å². The van der Waals surface area contributed by atoms with E-state index in [-0.39, 0.29) is 11.7 Å². The predicted octanol–water partition coefficient (Wildman–Crippen LogP) is 3.88. The van der Waals surface area contributed by atoms with Gasteiger partial charge in [0.05, 0.1) is 6.04 Å². The van der Waals surface area contributed by atoms with Crippen molar-refractivity contribution in [2.75, 3.05) is 23.8 Å². The van der Waals surface area contributed by atoms with Crippen molar-refractivity contribution in [2.45, 2.75) is 24.8 Å². The summed E-state index contributed by atoms with van der Waals surface area (Å²) in [5, 5.41) is 16.6. The summed E-state index contributed by atoms with van der Waals surface area (Å²) < 4.78 is 16.3. The highest BCUT2D eigenvalue weighted by atomic mass is 32.1. The Morgan fingerprint density at radius 1 is 1.03 bits per heavy atom. The van der Waals surface area contributed by atoms with Crippen molar-refractivity contribution in [3.63, 3.8) is 0 Å². The minimum absolute atomic E-state index is 0.108. The Morgan fingerprint density at radius 2 is 1.90 bits per heavy atom. The highest BCUT2D eigenvalue weighted by Crippen LogP contribution is 2.45. The van der Waals surface area contributed by atoms with Gasteiger partial charge < -0.3 is 20.1 Å². The number of nitrogens with one attached hydrogen (secondary N) is 2. The van der Waals surface area contributed by atoms with Crippen molar-refractivity contribution in [3.8, 4) is 11.5 Å². The molecule has 8 nitrogen and oxygen atoms in total. The summed E-state index contributed by atoms with van der Waals surface area (Å²) in [7, 11) is 0. The van der Waals surface area contributed by atoms with E-state index >= 15 is 0 Å². The highest BCUT2D eigenvalue weighted by molar-refractivity contribution is 7.10. The fourth-order valence-corrected chi connectivity index (χ4v) is 5.15. The third kappa shape index (κ3) is 2.85. The number of rotatable bonds is 2. The topological polar surface area (TPSA) is 98.5 Å². The average molecular weight is 422 g/mol. The third-order valence-corrected chi connectivity index (χ3v) is 6.72. The molecule has 4 heterocycles. The van der Waals surface area contributed by atoms with E-state index in [1.165, 1.54) is 4.88 Å². The second kappa shape index (κ2) is 6.88. The van der Waals surface area contributed by atoms with Crippen molar-refractivity contribution < 1.29 is 18.9 Å². The number of nitrogens with zero attached hydrogens (tertiary/aromatic N) is 2. The molecule has 0 amide bonds. The Morgan fingerprint density at radius 3 is 2.77 bits per heavy atom. The lowest BCUT2D eigenvalue weighted by Crippen LogP contribution is -2.27. The van der Waals surface area contributed by atoms with E-state index in [9.17, 15) is 4.79 Å². The van der Waals surface area contributed by atoms with Crippen LogP contribution in [0, 0.1) is 0 Å². The maximum Gasteiger partial charge on any atom is 0.219 e. The zero-order valence-electron chi connectivity index (χ0n) is 15.9. The molecule has 0 saturated heterocycles. The molecule has 0 unspecified atom stereocenters. The van der Waals surface area contributed by atoms with Gasteiger partial charge in [-0.05, 0) is 45.9 Å². The number of ether oxygens (including phenoxy) is 2. The first-order chi connectivity index (χ1) is 14.8. The molecule has 152 valence electrons. The Kier molecular flexibility index (Phi) is 4.02. The summed E-state index contributed by atoms with van der Waals surface area (Å²) >= 11 is 1.68. The van der Waals surface area contributed by atoms with Crippen LogP contribution in [0.2, 0.25) is 0 Å². The van der Waals surface area contributed by atoms with Crippen molar-refractivity contribution in [1.29, 1.82) is 0 Å². The molecular weight excluding hydrogens is 404 g/mol. The third-order valence-electron chi connectivity index (χ3n) is 5.68. The number of Topliss-reactive ketones (excluding diaryl/α,β-unsaturated/α-hetero) is 1. The van der Waals surface area contributed by atoms with Gasteiger partial charge in [-0.25, -0.2) is 4.63 Å². The number of benzene rings is 1. The maximum atomic E-state index is 13.4. The van der Waals surface area contributed by atoms with Crippen LogP contribution >= 0.6 is 11.3 Å². The standard InChI is InChI=1S/C21H18N4O4S/c26-14-9-12(17-2-1-7-30-17)8-13-18(14)19(23-21-20(22-13)24-29-25-21)11-3-4-15-16(10-11)28-6-5-27-15/h1-4,7,10,12,19H,5-6,8-9H2,(H,22,24)(H,23,25)/t12-,19-/m0/s1. The summed E-state index contributed by atoms with van der Waals surface area (Å²) in [6, 6.07) is 9.47. The van der Waals surface area contributed by atoms with E-state index in [4.69, 9.17) is 14.1 Å². The summed E-state index contributed by atoms with van der Waals surface area (Å²) in [5.41, 5.74) is 2.46. The number of thiophene rings is 1. The number of hydrogen-bond acceptors (Lipinski definition) is 9. The fourth-order valence-electron chi connectivity index (χ4n) is 4.32. The van der Waals surface area contributed by atoms with Crippen molar-refractivity contribution >= 4 is 28.8 Å². The summed E-state index contributed by atoms with van der Waals surface area (Å²) in [6.45, 7) is 1.03. The number of allylic oxidation sites excluding steroid dienone is 1. The van der Waals surface area contributed by atoms with Gasteiger partial charge in [0.1, 0.15) is 13.2 Å². The largest absolute Gasteiger partial charge is 0.486 e. The van der Waals surface area contributed by atoms with Gasteiger partial charge >= 0.3 is 0 Å². The van der Waals surface area contributed by atoms with Gasteiger partial charge in [0.25, 0.3) is 0 Å². The van der Waals surface area contributed by atoms with Crippen LogP contribution in [0.1, 0.15) is 35.2 Å². The maximum absolute atomic E-state index is 13.4. The van der Waals surface area contributed by atoms with Gasteiger partial charge in [0, 0.05) is 28.5 Å². The van der Waals surface area contributed by atoms with Crippen molar-refractivity contribution in [2.24, 2.45) is 0 Å². The second-order valence-electron chi connectivity index (χ2n) is 7.50. The Balaban J connectivity index is 1.45. The van der Waals surface area contributed by atoms with Crippen LogP contribution in [0.5, 0.6) is 11.5 Å². The van der Waals surface area contributed by atoms with Crippen LogP contribution in [0.25, 0.3) is 0 Å². The molecule has 2 atom stereocenters. The van der Waals surface area contributed by atoms with Crippen molar-refractivity contribution in [1.82, 2.24) is 10.3 Å². The van der Waals surface area contributed by atoms with Gasteiger partial charge in [0.15, 0.2) is 17.3 Å². The molecule has 3 aliphatic rings. The van der Waals surface area contributed by atoms with Crippen LogP contribution in [0.15, 0.2) is 51.6 Å². The molecule has 9 heteroatoms. The normalized spacial score (nSPS) is 22.5. The van der Waals surface area contributed by atoms with Crippen LogP contribution in [0.3, 0.4) is 0 Å². The molecule has 6 rings (SSSR count). The lowest BCUT2D eigenvalue weighted by atomic mass is 9.81. The summed E-state index contributed by atoms with van der Waals surface area (Å²) in [6.07, 6.45) is 1.19. The number of hydrogen-bond donors (Lipinski definition) is 2. The molecule has 2 aliphatic heterocycles. The summed E-state index contributed by atoms with van der Waals surface area (Å²) in [5.74, 6) is 2.61. The Hall–Kier alpha value is -3.33. The zero-order chi connectivity index (χ0) is 20.1. The number of fused-ring (bicyclic) bond motifs is 2. The SMILES string of the molecule is O=C1C[C@@H](c2cccs2)CC2=C1[C@H](c1ccc3c(c1)OCCO3)Nc1nonc1N2. The number of anilines is 2. The lowest BCUT2D eigenvalue weighted by Gasteiger charge is -2.29. The number of carbonyl (C=O) groups is 1. The first-order valence-electron chi connectivity index (χ1n) is 9.81. The number of ketones is 1. The minimum atomic E-state index is -0.395. The van der Waals surface area contributed by atoms with Gasteiger partial charge in [0.2, 0.25) is 11.6 Å². The number of aromatic nitrogens is 2. The van der Waals surface area contributed by atoms with E-state index in [0.717, 1.165) is 17.7 Å². The predicted molar refractivity (Wildman–Crippen MR) is 110 cm³/mol. The van der Waals surface area contributed by atoms with E-state index in [0.29, 0.717) is 48.3 Å². The monoisotopic (exact) mass is 422 g/mol. The van der Waals surface area contributed by atoms with Gasteiger partial charge in [-0.3, -0.25) is 4.79 Å². The molecular formula is C21H18N4O4S. The van der Waals surface area contributed by atoms with E-state index in [2.05, 4.69) is 27.0 Å². The molecule has 2 aromatic heterocycles. The molecule has 0 fully saturated rings. The first kappa shape index (κ1) is 17.5. The zero-order valence-corrected chi connectivity index (χ0v) is 16.7. The van der Waals surface area contributed by atoms with E-state index in [1.807, 2.05) is 29.6 Å². The minimum Gasteiger partial charge on any atom is -0.486 e. The van der Waals surface area contributed by atoms with Crippen LogP contribution in [0.4, 0.5) is 11.6 Å². The molecule has 0 saturated carbocycles. The average Bonchev–Trinajstić information content (AvgIpc) is 3.42. The molecule has 30 heavy (non-hydrogen) atoms.